The zero-order chi connectivity index (χ0) is 13.3. The molecule has 0 radical (unpaired) electrons. The molecular weight excluding hydrogens is 274 g/mol. The number of nitrogens with one attached hydrogen (secondary N) is 2. The summed E-state index contributed by atoms with van der Waals surface area (Å²) in [4.78, 5) is 5.11. The van der Waals surface area contributed by atoms with E-state index in [1.165, 1.54) is 17.5 Å². The molecule has 0 spiro atoms. The Kier molecular flexibility index (Phi) is 3.37. The van der Waals surface area contributed by atoms with Crippen molar-refractivity contribution in [2.45, 2.75) is 24.8 Å². The molecule has 0 aromatic carbocycles. The minimum Gasteiger partial charge on any atom is -0.383 e. The molecule has 2 heterocycles. The minimum atomic E-state index is -3.69. The Morgan fingerprint density at radius 2 is 2.22 bits per heavy atom. The van der Waals surface area contributed by atoms with Gasteiger partial charge in [-0.25, -0.2) is 18.1 Å². The van der Waals surface area contributed by atoms with Gasteiger partial charge < -0.3 is 5.73 Å². The predicted octanol–water partition coefficient (Wildman–Crippen LogP) is 0.796. The highest BCUT2D eigenvalue weighted by Crippen LogP contribution is 2.22. The number of anilines is 1. The Balaban J connectivity index is 2.21. The van der Waals surface area contributed by atoms with Crippen LogP contribution in [0, 0.1) is 6.92 Å². The Labute approximate surface area is 108 Å². The first kappa shape index (κ1) is 13.0. The van der Waals surface area contributed by atoms with Crippen molar-refractivity contribution in [3.63, 3.8) is 0 Å². The Morgan fingerprint density at radius 1 is 1.50 bits per heavy atom. The molecule has 4 N–H and O–H groups in total. The van der Waals surface area contributed by atoms with E-state index in [2.05, 4.69) is 19.9 Å². The number of hydrogen-bond donors (Lipinski definition) is 3. The molecule has 1 atom stereocenters. The largest absolute Gasteiger partial charge is 0.383 e. The highest BCUT2D eigenvalue weighted by molar-refractivity contribution is 7.89. The molecule has 2 aromatic heterocycles. The van der Waals surface area contributed by atoms with Crippen molar-refractivity contribution in [1.82, 2.24) is 19.9 Å². The summed E-state index contributed by atoms with van der Waals surface area (Å²) in [5.41, 5.74) is 5.49. The molecule has 18 heavy (non-hydrogen) atoms. The van der Waals surface area contributed by atoms with Crippen molar-refractivity contribution in [2.75, 3.05) is 5.73 Å². The lowest BCUT2D eigenvalue weighted by molar-refractivity contribution is 0.567. The molecule has 0 saturated carbocycles. The molecule has 0 aliphatic carbocycles. The fourth-order valence-corrected chi connectivity index (χ4v) is 3.50. The number of H-pyrrole nitrogens is 1. The van der Waals surface area contributed by atoms with Gasteiger partial charge in [0.15, 0.2) is 0 Å². The van der Waals surface area contributed by atoms with Crippen LogP contribution in [0.4, 0.5) is 5.82 Å². The van der Waals surface area contributed by atoms with Crippen LogP contribution in [0.25, 0.3) is 0 Å². The Hall–Kier alpha value is -1.45. The summed E-state index contributed by atoms with van der Waals surface area (Å²) >= 11 is 1.45. The molecule has 98 valence electrons. The third-order valence-corrected chi connectivity index (χ3v) is 4.93. The number of sulfonamides is 1. The molecule has 0 amide bonds. The van der Waals surface area contributed by atoms with Crippen molar-refractivity contribution in [3.05, 3.63) is 22.3 Å². The van der Waals surface area contributed by atoms with E-state index >= 15 is 0 Å². The summed E-state index contributed by atoms with van der Waals surface area (Å²) in [5.74, 6) is 0.0185. The van der Waals surface area contributed by atoms with Crippen LogP contribution in [0.15, 0.2) is 17.3 Å². The van der Waals surface area contributed by atoms with Crippen LogP contribution in [0.2, 0.25) is 0 Å². The topological polar surface area (TPSA) is 114 Å². The average Bonchev–Trinajstić information content (AvgIpc) is 2.86. The highest BCUT2D eigenvalue weighted by Gasteiger charge is 2.23. The van der Waals surface area contributed by atoms with E-state index in [0.717, 1.165) is 4.88 Å². The predicted molar refractivity (Wildman–Crippen MR) is 68.6 cm³/mol. The molecule has 0 bridgehead atoms. The number of hydrogen-bond acceptors (Lipinski definition) is 6. The number of thiazole rings is 1. The number of nitrogen functional groups attached to an aromatic ring is 1. The second kappa shape index (κ2) is 4.67. The van der Waals surface area contributed by atoms with Gasteiger partial charge in [0, 0.05) is 11.1 Å². The van der Waals surface area contributed by atoms with Gasteiger partial charge in [0.2, 0.25) is 10.0 Å². The van der Waals surface area contributed by atoms with Crippen molar-refractivity contribution >= 4 is 27.2 Å². The van der Waals surface area contributed by atoms with E-state index in [1.54, 1.807) is 13.1 Å². The Morgan fingerprint density at radius 3 is 2.72 bits per heavy atom. The number of rotatable bonds is 4. The van der Waals surface area contributed by atoms with Gasteiger partial charge in [-0.3, -0.25) is 5.10 Å². The first-order chi connectivity index (χ1) is 8.40. The first-order valence-electron chi connectivity index (χ1n) is 5.13. The van der Waals surface area contributed by atoms with Gasteiger partial charge >= 0.3 is 0 Å². The SMILES string of the molecule is Cc1cnc(C(C)NS(=O)(=O)c2cn[nH]c2N)s1. The third-order valence-electron chi connectivity index (χ3n) is 2.26. The van der Waals surface area contributed by atoms with Gasteiger partial charge in [-0.05, 0) is 13.8 Å². The van der Waals surface area contributed by atoms with Crippen LogP contribution >= 0.6 is 11.3 Å². The Bertz CT molecular complexity index is 645. The van der Waals surface area contributed by atoms with Gasteiger partial charge in [0.05, 0.1) is 12.2 Å². The maximum atomic E-state index is 12.0. The minimum absolute atomic E-state index is 0.0185. The number of aromatic amines is 1. The summed E-state index contributed by atoms with van der Waals surface area (Å²) in [6.07, 6.45) is 2.88. The fraction of sp³-hybridized carbons (Fsp3) is 0.333. The van der Waals surface area contributed by atoms with Crippen molar-refractivity contribution < 1.29 is 8.42 Å². The second-order valence-electron chi connectivity index (χ2n) is 3.80. The van der Waals surface area contributed by atoms with Crippen molar-refractivity contribution in [3.8, 4) is 0 Å². The summed E-state index contributed by atoms with van der Waals surface area (Å²) in [7, 11) is -3.69. The summed E-state index contributed by atoms with van der Waals surface area (Å²) < 4.78 is 26.6. The molecule has 0 aliphatic heterocycles. The highest BCUT2D eigenvalue weighted by atomic mass is 32.2. The number of aromatic nitrogens is 3. The van der Waals surface area contributed by atoms with Crippen LogP contribution in [-0.4, -0.2) is 23.6 Å². The van der Waals surface area contributed by atoms with Crippen molar-refractivity contribution in [2.24, 2.45) is 0 Å². The zero-order valence-corrected chi connectivity index (χ0v) is 11.5. The van der Waals surface area contributed by atoms with Gasteiger partial charge in [0.1, 0.15) is 15.7 Å². The monoisotopic (exact) mass is 287 g/mol. The summed E-state index contributed by atoms with van der Waals surface area (Å²) in [5, 5.41) is 6.68. The standard InChI is InChI=1S/C9H13N5O2S2/c1-5-3-11-9(17-5)6(2)14-18(15,16)7-4-12-13-8(7)10/h3-4,6,14H,1-2H3,(H3,10,12,13). The van der Waals surface area contributed by atoms with E-state index < -0.39 is 16.1 Å². The van der Waals surface area contributed by atoms with Crippen LogP contribution in [0.3, 0.4) is 0 Å². The normalized spacial score (nSPS) is 13.7. The quantitative estimate of drug-likeness (QED) is 0.769. The third kappa shape index (κ3) is 2.52. The molecule has 2 aromatic rings. The summed E-state index contributed by atoms with van der Waals surface area (Å²) in [6.45, 7) is 3.64. The lowest BCUT2D eigenvalue weighted by Gasteiger charge is -2.10. The molecule has 0 saturated heterocycles. The lowest BCUT2D eigenvalue weighted by atomic mass is 10.4. The smallest absolute Gasteiger partial charge is 0.246 e. The van der Waals surface area contributed by atoms with Gasteiger partial charge in [-0.1, -0.05) is 0 Å². The molecule has 2 rings (SSSR count). The fourth-order valence-electron chi connectivity index (χ4n) is 1.42. The van der Waals surface area contributed by atoms with E-state index in [-0.39, 0.29) is 10.7 Å². The number of aryl methyl sites for hydroxylation is 1. The van der Waals surface area contributed by atoms with Crippen LogP contribution in [-0.2, 0) is 10.0 Å². The van der Waals surface area contributed by atoms with Crippen LogP contribution in [0.5, 0.6) is 0 Å². The molecule has 0 fully saturated rings. The van der Waals surface area contributed by atoms with Crippen LogP contribution in [0.1, 0.15) is 22.9 Å². The molecule has 1 unspecified atom stereocenters. The van der Waals surface area contributed by atoms with E-state index in [9.17, 15) is 8.42 Å². The lowest BCUT2D eigenvalue weighted by Crippen LogP contribution is -2.27. The molecular formula is C9H13N5O2S2. The zero-order valence-electron chi connectivity index (χ0n) is 9.84. The molecule has 7 nitrogen and oxygen atoms in total. The van der Waals surface area contributed by atoms with Crippen molar-refractivity contribution in [1.29, 1.82) is 0 Å². The molecule has 9 heteroatoms. The molecule has 0 aliphatic rings. The van der Waals surface area contributed by atoms with Gasteiger partial charge in [-0.2, -0.15) is 5.10 Å². The maximum absolute atomic E-state index is 12.0. The van der Waals surface area contributed by atoms with E-state index in [0.29, 0.717) is 5.01 Å². The van der Waals surface area contributed by atoms with E-state index in [1.807, 2.05) is 6.92 Å². The summed E-state index contributed by atoms with van der Waals surface area (Å²) in [6, 6.07) is -0.414. The average molecular weight is 287 g/mol. The van der Waals surface area contributed by atoms with Crippen LogP contribution < -0.4 is 10.5 Å². The number of nitrogens with zero attached hydrogens (tertiary/aromatic N) is 2. The van der Waals surface area contributed by atoms with E-state index in [4.69, 9.17) is 5.73 Å². The van der Waals surface area contributed by atoms with Gasteiger partial charge in [0.25, 0.3) is 0 Å². The second-order valence-corrected chi connectivity index (χ2v) is 6.75. The number of nitrogens with two attached hydrogens (primary N) is 1. The first-order valence-corrected chi connectivity index (χ1v) is 7.43. The van der Waals surface area contributed by atoms with Gasteiger partial charge in [-0.15, -0.1) is 11.3 Å². The maximum Gasteiger partial charge on any atom is 0.246 e.